The second-order valence-corrected chi connectivity index (χ2v) is 4.79. The molecule has 2 nitrogen and oxygen atoms in total. The van der Waals surface area contributed by atoms with Gasteiger partial charge in [0.1, 0.15) is 5.82 Å². The Hall–Kier alpha value is -2.13. The van der Waals surface area contributed by atoms with Gasteiger partial charge in [0.25, 0.3) is 0 Å². The summed E-state index contributed by atoms with van der Waals surface area (Å²) in [4.78, 5) is 11.4. The third-order valence-electron chi connectivity index (χ3n) is 2.87. The van der Waals surface area contributed by atoms with Crippen LogP contribution in [0.25, 0.3) is 11.6 Å². The van der Waals surface area contributed by atoms with Crippen molar-refractivity contribution in [3.8, 4) is 0 Å². The molecular formula is C16H12ClFO2. The molecule has 2 aromatic carbocycles. The van der Waals surface area contributed by atoms with E-state index in [1.54, 1.807) is 24.3 Å². The molecule has 0 atom stereocenters. The van der Waals surface area contributed by atoms with Crippen LogP contribution in [0, 0.1) is 12.7 Å². The average molecular weight is 291 g/mol. The molecule has 0 aliphatic rings. The van der Waals surface area contributed by atoms with Crippen LogP contribution in [-0.4, -0.2) is 11.1 Å². The van der Waals surface area contributed by atoms with Gasteiger partial charge in [0, 0.05) is 5.02 Å². The Balaban J connectivity index is 2.51. The van der Waals surface area contributed by atoms with Crippen molar-refractivity contribution in [3.63, 3.8) is 0 Å². The molecule has 0 saturated heterocycles. The van der Waals surface area contributed by atoms with Crippen molar-refractivity contribution in [2.45, 2.75) is 6.92 Å². The Bertz CT molecular complexity index is 693. The van der Waals surface area contributed by atoms with E-state index in [1.807, 2.05) is 6.92 Å². The van der Waals surface area contributed by atoms with E-state index in [0.717, 1.165) is 5.56 Å². The van der Waals surface area contributed by atoms with Crippen LogP contribution in [0.15, 0.2) is 42.5 Å². The van der Waals surface area contributed by atoms with Crippen LogP contribution in [0.1, 0.15) is 16.7 Å². The molecule has 0 aromatic heterocycles. The van der Waals surface area contributed by atoms with Crippen molar-refractivity contribution in [3.05, 3.63) is 70.0 Å². The molecule has 102 valence electrons. The highest BCUT2D eigenvalue weighted by atomic mass is 35.5. The largest absolute Gasteiger partial charge is 0.478 e. The molecule has 0 spiro atoms. The Kier molecular flexibility index (Phi) is 4.20. The minimum absolute atomic E-state index is 0.0671. The number of benzene rings is 2. The van der Waals surface area contributed by atoms with Gasteiger partial charge in [0.15, 0.2) is 0 Å². The van der Waals surface area contributed by atoms with E-state index in [1.165, 1.54) is 24.3 Å². The molecule has 0 saturated carbocycles. The van der Waals surface area contributed by atoms with Gasteiger partial charge in [-0.3, -0.25) is 0 Å². The topological polar surface area (TPSA) is 37.3 Å². The van der Waals surface area contributed by atoms with Gasteiger partial charge in [-0.15, -0.1) is 0 Å². The first kappa shape index (κ1) is 14.3. The lowest BCUT2D eigenvalue weighted by molar-refractivity contribution is -0.130. The third kappa shape index (κ3) is 3.25. The Labute approximate surface area is 121 Å². The number of hydrogen-bond donors (Lipinski definition) is 1. The average Bonchev–Trinajstić information content (AvgIpc) is 2.39. The molecular weight excluding hydrogens is 279 g/mol. The minimum Gasteiger partial charge on any atom is -0.478 e. The van der Waals surface area contributed by atoms with Crippen molar-refractivity contribution >= 4 is 29.2 Å². The van der Waals surface area contributed by atoms with Crippen LogP contribution in [0.5, 0.6) is 0 Å². The van der Waals surface area contributed by atoms with Crippen molar-refractivity contribution in [2.75, 3.05) is 0 Å². The van der Waals surface area contributed by atoms with Gasteiger partial charge in [-0.1, -0.05) is 35.9 Å². The number of carbonyl (C=O) groups is 1. The molecule has 0 amide bonds. The number of halogens is 2. The maximum absolute atomic E-state index is 13.1. The summed E-state index contributed by atoms with van der Waals surface area (Å²) in [6.45, 7) is 1.84. The minimum atomic E-state index is -1.09. The predicted molar refractivity (Wildman–Crippen MR) is 78.1 cm³/mol. The van der Waals surface area contributed by atoms with Gasteiger partial charge >= 0.3 is 5.97 Å². The second kappa shape index (κ2) is 5.88. The smallest absolute Gasteiger partial charge is 0.336 e. The van der Waals surface area contributed by atoms with Crippen LogP contribution in [-0.2, 0) is 4.79 Å². The third-order valence-corrected chi connectivity index (χ3v) is 3.28. The molecule has 4 heteroatoms. The summed E-state index contributed by atoms with van der Waals surface area (Å²) >= 11 is 6.01. The molecule has 0 bridgehead atoms. The number of hydrogen-bond acceptors (Lipinski definition) is 1. The van der Waals surface area contributed by atoms with Gasteiger partial charge in [0.05, 0.1) is 5.57 Å². The molecule has 1 N–H and O–H groups in total. The van der Waals surface area contributed by atoms with Crippen LogP contribution in [0.3, 0.4) is 0 Å². The zero-order valence-corrected chi connectivity index (χ0v) is 11.5. The van der Waals surface area contributed by atoms with E-state index in [2.05, 4.69) is 0 Å². The van der Waals surface area contributed by atoms with E-state index in [4.69, 9.17) is 11.6 Å². The van der Waals surface area contributed by atoms with Crippen LogP contribution in [0.4, 0.5) is 4.39 Å². The molecule has 0 aliphatic heterocycles. The monoisotopic (exact) mass is 290 g/mol. The van der Waals surface area contributed by atoms with E-state index < -0.39 is 11.8 Å². The normalized spacial score (nSPS) is 11.4. The van der Waals surface area contributed by atoms with Crippen molar-refractivity contribution in [1.82, 2.24) is 0 Å². The summed E-state index contributed by atoms with van der Waals surface area (Å²) in [6.07, 6.45) is 1.42. The highest BCUT2D eigenvalue weighted by Gasteiger charge is 2.12. The number of aryl methyl sites for hydroxylation is 1. The highest BCUT2D eigenvalue weighted by molar-refractivity contribution is 6.32. The maximum atomic E-state index is 13.1. The maximum Gasteiger partial charge on any atom is 0.336 e. The van der Waals surface area contributed by atoms with E-state index in [0.29, 0.717) is 16.1 Å². The molecule has 20 heavy (non-hydrogen) atoms. The SMILES string of the molecule is Cc1ccc(/C(=C/c2cccc(F)c2)C(=O)O)cc1Cl. The molecule has 0 radical (unpaired) electrons. The van der Waals surface area contributed by atoms with Gasteiger partial charge in [-0.05, 0) is 47.9 Å². The molecule has 0 heterocycles. The fraction of sp³-hybridized carbons (Fsp3) is 0.0625. The second-order valence-electron chi connectivity index (χ2n) is 4.38. The van der Waals surface area contributed by atoms with E-state index >= 15 is 0 Å². The number of aliphatic carboxylic acids is 1. The number of carboxylic acid groups (broad SMARTS) is 1. The van der Waals surface area contributed by atoms with E-state index in [-0.39, 0.29) is 5.57 Å². The summed E-state index contributed by atoms with van der Waals surface area (Å²) in [5.74, 6) is -1.50. The van der Waals surface area contributed by atoms with Gasteiger partial charge < -0.3 is 5.11 Å². The van der Waals surface area contributed by atoms with Gasteiger partial charge in [-0.25, -0.2) is 9.18 Å². The first-order chi connectivity index (χ1) is 9.47. The summed E-state index contributed by atoms with van der Waals surface area (Å²) in [7, 11) is 0. The fourth-order valence-electron chi connectivity index (χ4n) is 1.79. The molecule has 2 aromatic rings. The summed E-state index contributed by atoms with van der Waals surface area (Å²) in [5.41, 5.74) is 1.90. The first-order valence-electron chi connectivity index (χ1n) is 5.94. The van der Waals surface area contributed by atoms with Crippen molar-refractivity contribution in [1.29, 1.82) is 0 Å². The lowest BCUT2D eigenvalue weighted by atomic mass is 10.0. The quantitative estimate of drug-likeness (QED) is 0.671. The Morgan fingerprint density at radius 3 is 2.60 bits per heavy atom. The van der Waals surface area contributed by atoms with Crippen molar-refractivity contribution in [2.24, 2.45) is 0 Å². The van der Waals surface area contributed by atoms with Gasteiger partial charge in [-0.2, -0.15) is 0 Å². The predicted octanol–water partition coefficient (Wildman–Crippen LogP) is 4.41. The summed E-state index contributed by atoms with van der Waals surface area (Å²) in [5, 5.41) is 9.81. The van der Waals surface area contributed by atoms with Crippen LogP contribution >= 0.6 is 11.6 Å². The van der Waals surface area contributed by atoms with E-state index in [9.17, 15) is 14.3 Å². The summed E-state index contributed by atoms with van der Waals surface area (Å²) in [6, 6.07) is 10.8. The van der Waals surface area contributed by atoms with Crippen molar-refractivity contribution < 1.29 is 14.3 Å². The standard InChI is InChI=1S/C16H12ClFO2/c1-10-5-6-12(9-15(10)17)14(16(19)20)8-11-3-2-4-13(18)7-11/h2-9H,1H3,(H,19,20)/b14-8-. The zero-order valence-electron chi connectivity index (χ0n) is 10.7. The lowest BCUT2D eigenvalue weighted by Gasteiger charge is -2.06. The lowest BCUT2D eigenvalue weighted by Crippen LogP contribution is -2.00. The summed E-state index contributed by atoms with van der Waals surface area (Å²) < 4.78 is 13.1. The zero-order chi connectivity index (χ0) is 14.7. The molecule has 0 unspecified atom stereocenters. The van der Waals surface area contributed by atoms with Crippen LogP contribution in [0.2, 0.25) is 5.02 Å². The molecule has 0 fully saturated rings. The van der Waals surface area contributed by atoms with Gasteiger partial charge in [0.2, 0.25) is 0 Å². The Morgan fingerprint density at radius 2 is 2.00 bits per heavy atom. The number of carboxylic acids is 1. The van der Waals surface area contributed by atoms with Crippen LogP contribution < -0.4 is 0 Å². The molecule has 2 rings (SSSR count). The molecule has 0 aliphatic carbocycles. The fourth-order valence-corrected chi connectivity index (χ4v) is 1.97. The highest BCUT2D eigenvalue weighted by Crippen LogP contribution is 2.24. The number of rotatable bonds is 3. The first-order valence-corrected chi connectivity index (χ1v) is 6.32. The Morgan fingerprint density at radius 1 is 1.25 bits per heavy atom.